The van der Waals surface area contributed by atoms with Crippen molar-refractivity contribution < 1.29 is 27.6 Å². The highest BCUT2D eigenvalue weighted by molar-refractivity contribution is 6.28. The molecule has 4 amide bonds. The molecule has 0 bridgehead atoms. The Morgan fingerprint density at radius 3 is 2.00 bits per heavy atom. The molecule has 41 heavy (non-hydrogen) atoms. The Bertz CT molecular complexity index is 1390. The molecule has 0 fully saturated rings. The molecule has 4 rings (SSSR count). The van der Waals surface area contributed by atoms with Crippen LogP contribution in [0.1, 0.15) is 49.5 Å². The fraction of sp³-hybridized carbons (Fsp3) is 0.323. The summed E-state index contributed by atoms with van der Waals surface area (Å²) in [6, 6.07) is 15.8. The lowest BCUT2D eigenvalue weighted by molar-refractivity contribution is -0.137. The van der Waals surface area contributed by atoms with E-state index in [1.807, 2.05) is 0 Å². The predicted molar refractivity (Wildman–Crippen MR) is 154 cm³/mol. The monoisotopic (exact) mass is 566 g/mol. The van der Waals surface area contributed by atoms with E-state index in [0.717, 1.165) is 41.6 Å². The second-order valence-corrected chi connectivity index (χ2v) is 9.62. The number of hydrogen-bond acceptors (Lipinski definition) is 4. The van der Waals surface area contributed by atoms with Crippen LogP contribution in [0, 0.1) is 0 Å². The van der Waals surface area contributed by atoms with Gasteiger partial charge in [0.25, 0.3) is 0 Å². The number of fused-ring (bicyclic) bond motifs is 1. The van der Waals surface area contributed by atoms with Gasteiger partial charge < -0.3 is 4.90 Å². The molecule has 10 heteroatoms. The summed E-state index contributed by atoms with van der Waals surface area (Å²) in [5, 5.41) is 0. The van der Waals surface area contributed by atoms with E-state index in [1.165, 1.54) is 23.1 Å². The molecule has 3 aromatic rings. The number of urea groups is 2. The van der Waals surface area contributed by atoms with Crippen LogP contribution in [0.2, 0.25) is 0 Å². The molecule has 0 saturated carbocycles. The maximum absolute atomic E-state index is 14.1. The molecule has 0 saturated heterocycles. The van der Waals surface area contributed by atoms with Crippen molar-refractivity contribution in [1.29, 1.82) is 0 Å². The Morgan fingerprint density at radius 2 is 1.41 bits per heavy atom. The third kappa shape index (κ3) is 6.27. The zero-order chi connectivity index (χ0) is 29.7. The van der Waals surface area contributed by atoms with E-state index < -0.39 is 23.8 Å². The molecule has 3 aromatic carbocycles. The van der Waals surface area contributed by atoms with Crippen LogP contribution in [0.3, 0.4) is 0 Å². The Morgan fingerprint density at radius 1 is 0.780 bits per heavy atom. The van der Waals surface area contributed by atoms with E-state index in [1.54, 1.807) is 49.4 Å². The van der Waals surface area contributed by atoms with Gasteiger partial charge in [-0.15, -0.1) is 0 Å². The first-order valence-electron chi connectivity index (χ1n) is 13.7. The van der Waals surface area contributed by atoms with Crippen LogP contribution in [-0.2, 0) is 6.18 Å². The number of anilines is 4. The van der Waals surface area contributed by atoms with Crippen LogP contribution in [-0.4, -0.2) is 48.9 Å². The van der Waals surface area contributed by atoms with Gasteiger partial charge in [0.05, 0.1) is 28.3 Å². The van der Waals surface area contributed by atoms with Crippen molar-refractivity contribution >= 4 is 40.6 Å². The molecule has 1 aliphatic rings. The standard InChI is InChI=1S/C31H33F3N4O3/c1-4-35(5-2)20-10-13-28(39)22-14-17-25(18-15-22)38-29(40)36(6-3)26-19-16-23(31(32,33)34)21-27(26)37(30(38)41)24-11-8-7-9-12-24/h7-9,11-12,14-19,21H,4-6,10,13,20H2,1-3H3. The van der Waals surface area contributed by atoms with Gasteiger partial charge in [-0.2, -0.15) is 13.2 Å². The van der Waals surface area contributed by atoms with Crippen LogP contribution in [0.25, 0.3) is 0 Å². The summed E-state index contributed by atoms with van der Waals surface area (Å²) in [6.45, 7) is 8.56. The summed E-state index contributed by atoms with van der Waals surface area (Å²) < 4.78 is 41.1. The molecule has 0 spiro atoms. The normalized spacial score (nSPS) is 14.0. The summed E-state index contributed by atoms with van der Waals surface area (Å²) in [5.74, 6) is -0.0505. The van der Waals surface area contributed by atoms with Gasteiger partial charge in [0.1, 0.15) is 0 Å². The number of carbonyl (C=O) groups excluding carboxylic acids is 3. The minimum atomic E-state index is -4.65. The molecular formula is C31H33F3N4O3. The first kappa shape index (κ1) is 29.8. The van der Waals surface area contributed by atoms with Crippen molar-refractivity contribution in [2.75, 3.05) is 40.9 Å². The number of para-hydroxylation sites is 1. The van der Waals surface area contributed by atoms with E-state index in [9.17, 15) is 27.6 Å². The molecule has 1 aliphatic heterocycles. The fourth-order valence-corrected chi connectivity index (χ4v) is 4.91. The average Bonchev–Trinajstić information content (AvgIpc) is 3.05. The van der Waals surface area contributed by atoms with Gasteiger partial charge in [0.15, 0.2) is 5.78 Å². The highest BCUT2D eigenvalue weighted by Gasteiger charge is 2.41. The lowest BCUT2D eigenvalue weighted by Gasteiger charge is -2.27. The number of benzene rings is 3. The Hall–Kier alpha value is -4.18. The zero-order valence-corrected chi connectivity index (χ0v) is 23.3. The Labute approximate surface area is 237 Å². The van der Waals surface area contributed by atoms with E-state index in [-0.39, 0.29) is 29.4 Å². The third-order valence-electron chi connectivity index (χ3n) is 7.19. The number of ketones is 1. The molecule has 0 atom stereocenters. The van der Waals surface area contributed by atoms with Gasteiger partial charge in [-0.05, 0) is 87.6 Å². The van der Waals surface area contributed by atoms with Crippen molar-refractivity contribution in [3.05, 3.63) is 83.9 Å². The van der Waals surface area contributed by atoms with Gasteiger partial charge in [0, 0.05) is 18.5 Å². The number of carbonyl (C=O) groups is 3. The van der Waals surface area contributed by atoms with Gasteiger partial charge in [-0.1, -0.05) is 32.0 Å². The highest BCUT2D eigenvalue weighted by Crippen LogP contribution is 2.43. The maximum atomic E-state index is 14.1. The molecule has 0 aliphatic carbocycles. The molecule has 0 aromatic heterocycles. The van der Waals surface area contributed by atoms with Gasteiger partial charge in [-0.3, -0.25) is 14.6 Å². The summed E-state index contributed by atoms with van der Waals surface area (Å²) in [5.41, 5.74) is 0.120. The van der Waals surface area contributed by atoms with E-state index in [0.29, 0.717) is 24.1 Å². The third-order valence-corrected chi connectivity index (χ3v) is 7.19. The predicted octanol–water partition coefficient (Wildman–Crippen LogP) is 7.73. The molecule has 1 heterocycles. The quantitative estimate of drug-likeness (QED) is 0.236. The smallest absolute Gasteiger partial charge is 0.304 e. The number of rotatable bonds is 10. The molecular weight excluding hydrogens is 533 g/mol. The summed E-state index contributed by atoms with van der Waals surface area (Å²) in [7, 11) is 0. The summed E-state index contributed by atoms with van der Waals surface area (Å²) >= 11 is 0. The largest absolute Gasteiger partial charge is 0.416 e. The average molecular weight is 567 g/mol. The zero-order valence-electron chi connectivity index (χ0n) is 23.3. The summed E-state index contributed by atoms with van der Waals surface area (Å²) in [6.07, 6.45) is -3.58. The number of nitrogens with zero attached hydrogens (tertiary/aromatic N) is 4. The van der Waals surface area contributed by atoms with Gasteiger partial charge >= 0.3 is 18.2 Å². The minimum absolute atomic E-state index is 0.0505. The number of amides is 4. The lowest BCUT2D eigenvalue weighted by atomic mass is 10.1. The van der Waals surface area contributed by atoms with E-state index in [4.69, 9.17) is 0 Å². The molecule has 7 nitrogen and oxygen atoms in total. The molecule has 0 radical (unpaired) electrons. The van der Waals surface area contributed by atoms with Crippen molar-refractivity contribution in [1.82, 2.24) is 4.90 Å². The van der Waals surface area contributed by atoms with Crippen molar-refractivity contribution in [3.8, 4) is 0 Å². The van der Waals surface area contributed by atoms with Gasteiger partial charge in [0.2, 0.25) is 0 Å². The number of halogens is 3. The first-order valence-corrected chi connectivity index (χ1v) is 13.7. The summed E-state index contributed by atoms with van der Waals surface area (Å²) in [4.78, 5) is 46.2. The van der Waals surface area contributed by atoms with Crippen LogP contribution >= 0.6 is 0 Å². The first-order chi connectivity index (χ1) is 19.6. The topological polar surface area (TPSA) is 64.2 Å². The lowest BCUT2D eigenvalue weighted by Crippen LogP contribution is -2.48. The Kier molecular flexibility index (Phi) is 9.12. The SMILES string of the molecule is CCN(CC)CCCC(=O)c1ccc(N2C(=O)N(CC)c3ccc(C(F)(F)F)cc3N(c3ccccc3)C2=O)cc1. The van der Waals surface area contributed by atoms with Crippen LogP contribution in [0.4, 0.5) is 45.5 Å². The number of hydrogen-bond donors (Lipinski definition) is 0. The van der Waals surface area contributed by atoms with Crippen LogP contribution < -0.4 is 14.7 Å². The fourth-order valence-electron chi connectivity index (χ4n) is 4.91. The number of imide groups is 1. The molecule has 216 valence electrons. The highest BCUT2D eigenvalue weighted by atomic mass is 19.4. The molecule has 0 unspecified atom stereocenters. The number of alkyl halides is 3. The Balaban J connectivity index is 1.72. The maximum Gasteiger partial charge on any atom is 0.416 e. The van der Waals surface area contributed by atoms with Crippen molar-refractivity contribution in [3.63, 3.8) is 0 Å². The molecule has 0 N–H and O–H groups in total. The van der Waals surface area contributed by atoms with E-state index in [2.05, 4.69) is 18.7 Å². The number of Topliss-reactive ketones (excluding diaryl/α,β-unsaturated/α-hetero) is 1. The van der Waals surface area contributed by atoms with Crippen LogP contribution in [0.15, 0.2) is 72.8 Å². The van der Waals surface area contributed by atoms with Gasteiger partial charge in [-0.25, -0.2) is 14.5 Å². The minimum Gasteiger partial charge on any atom is -0.304 e. The van der Waals surface area contributed by atoms with E-state index >= 15 is 0 Å². The van der Waals surface area contributed by atoms with Crippen molar-refractivity contribution in [2.24, 2.45) is 0 Å². The van der Waals surface area contributed by atoms with Crippen LogP contribution in [0.5, 0.6) is 0 Å². The second-order valence-electron chi connectivity index (χ2n) is 9.62. The van der Waals surface area contributed by atoms with Crippen molar-refractivity contribution in [2.45, 2.75) is 39.8 Å². The second kappa shape index (κ2) is 12.6.